The first-order valence-electron chi connectivity index (χ1n) is 7.66. The van der Waals surface area contributed by atoms with Gasteiger partial charge in [0.1, 0.15) is 0 Å². The zero-order valence-corrected chi connectivity index (χ0v) is 17.0. The van der Waals surface area contributed by atoms with Crippen molar-refractivity contribution in [3.8, 4) is 0 Å². The molecule has 0 aliphatic carbocycles. The monoisotopic (exact) mass is 520 g/mol. The van der Waals surface area contributed by atoms with E-state index in [-0.39, 0.29) is 60.3 Å². The normalized spacial score (nSPS) is 9.84. The van der Waals surface area contributed by atoms with Gasteiger partial charge in [-0.3, -0.25) is 4.79 Å². The van der Waals surface area contributed by atoms with Crippen LogP contribution in [0.15, 0.2) is 41.9 Å². The summed E-state index contributed by atoms with van der Waals surface area (Å²) in [5.41, 5.74) is 2.77. The molecular formula is C19H28N3OSYb-. The van der Waals surface area contributed by atoms with Crippen LogP contribution in [0.4, 0.5) is 5.69 Å². The number of para-hydroxylation sites is 1. The first kappa shape index (κ1) is 26.6. The summed E-state index contributed by atoms with van der Waals surface area (Å²) in [6, 6.07) is 7.69. The van der Waals surface area contributed by atoms with Gasteiger partial charge in [-0.05, 0) is 25.6 Å². The van der Waals surface area contributed by atoms with Crippen molar-refractivity contribution in [3.63, 3.8) is 0 Å². The van der Waals surface area contributed by atoms with Crippen LogP contribution in [0.5, 0.6) is 0 Å². The van der Waals surface area contributed by atoms with Crippen LogP contribution < -0.4 is 10.1 Å². The first-order valence-corrected chi connectivity index (χ1v) is 8.48. The van der Waals surface area contributed by atoms with Gasteiger partial charge in [0.15, 0.2) is 0 Å². The van der Waals surface area contributed by atoms with E-state index in [9.17, 15) is 4.79 Å². The molecule has 0 aliphatic heterocycles. The molecule has 146 valence electrons. The van der Waals surface area contributed by atoms with E-state index in [1.165, 1.54) is 11.3 Å². The van der Waals surface area contributed by atoms with Gasteiger partial charge in [0.05, 0.1) is 6.42 Å². The molecule has 4 nitrogen and oxygen atoms in total. The first-order chi connectivity index (χ1) is 11.1. The Morgan fingerprint density at radius 1 is 1.40 bits per heavy atom. The quantitative estimate of drug-likeness (QED) is 0.472. The van der Waals surface area contributed by atoms with E-state index >= 15 is 0 Å². The summed E-state index contributed by atoms with van der Waals surface area (Å²) in [6.45, 7) is 10.1. The molecule has 0 spiro atoms. The predicted octanol–water partition coefficient (Wildman–Crippen LogP) is 3.93. The number of carbonyl (C=O) groups is 1. The van der Waals surface area contributed by atoms with Crippen LogP contribution in [0.1, 0.15) is 32.5 Å². The Morgan fingerprint density at radius 3 is 2.60 bits per heavy atom. The average Bonchev–Trinajstić information content (AvgIpc) is 2.88. The molecule has 0 atom stereocenters. The van der Waals surface area contributed by atoms with E-state index in [0.717, 1.165) is 21.7 Å². The number of rotatable bonds is 5. The van der Waals surface area contributed by atoms with Gasteiger partial charge in [-0.25, -0.2) is 0 Å². The third-order valence-corrected chi connectivity index (χ3v) is 4.03. The summed E-state index contributed by atoms with van der Waals surface area (Å²) >= 11 is 1.47. The van der Waals surface area contributed by atoms with Crippen molar-refractivity contribution in [1.29, 1.82) is 0 Å². The number of benzene rings is 1. The Hall–Kier alpha value is -0.621. The molecule has 1 aromatic carbocycles. The maximum Gasteiger partial charge on any atom is 0.224 e. The molecule has 1 aromatic heterocycles. The predicted molar refractivity (Wildman–Crippen MR) is 104 cm³/mol. The van der Waals surface area contributed by atoms with Crippen molar-refractivity contribution < 1.29 is 51.7 Å². The molecule has 25 heavy (non-hydrogen) atoms. The molecular weight excluding hydrogens is 491 g/mol. The number of nitrogens with one attached hydrogen (secondary N) is 1. The number of carbonyl (C=O) groups excluding carboxylic acids is 1. The fourth-order valence-corrected chi connectivity index (χ4v) is 2.59. The molecule has 0 unspecified atom stereocenters. The number of nitrogens with zero attached hydrogens (tertiary/aromatic N) is 2. The summed E-state index contributed by atoms with van der Waals surface area (Å²) in [6.07, 6.45) is 1.98. The summed E-state index contributed by atoms with van der Waals surface area (Å²) < 4.78 is 1.99. The van der Waals surface area contributed by atoms with Gasteiger partial charge in [0.2, 0.25) is 5.91 Å². The van der Waals surface area contributed by atoms with E-state index in [0.29, 0.717) is 13.0 Å². The van der Waals surface area contributed by atoms with E-state index in [4.69, 9.17) is 0 Å². The molecule has 0 fully saturated rings. The van der Waals surface area contributed by atoms with Gasteiger partial charge >= 0.3 is 0 Å². The van der Waals surface area contributed by atoms with Crippen molar-refractivity contribution >= 4 is 22.9 Å². The van der Waals surface area contributed by atoms with Crippen molar-refractivity contribution in [2.24, 2.45) is 12.0 Å². The van der Waals surface area contributed by atoms with Crippen LogP contribution in [-0.4, -0.2) is 17.0 Å². The zero-order valence-electron chi connectivity index (χ0n) is 14.5. The molecule has 2 rings (SSSR count). The Balaban J connectivity index is 0. The molecule has 1 N–H and O–H groups in total. The van der Waals surface area contributed by atoms with Gasteiger partial charge < -0.3 is 26.2 Å². The fourth-order valence-electron chi connectivity index (χ4n) is 1.79. The van der Waals surface area contributed by atoms with Gasteiger partial charge in [0.25, 0.3) is 0 Å². The zero-order chi connectivity index (χ0) is 17.2. The van der Waals surface area contributed by atoms with Crippen LogP contribution in [-0.2, 0) is 18.3 Å². The molecule has 0 radical (unpaired) electrons. The number of hydrogen-bond donors (Lipinski definition) is 1. The Labute approximate surface area is 194 Å². The topological polar surface area (TPSA) is 46.4 Å². The van der Waals surface area contributed by atoms with Crippen molar-refractivity contribution in [1.82, 2.24) is 9.88 Å². The smallest absolute Gasteiger partial charge is 0.224 e. The van der Waals surface area contributed by atoms with E-state index in [2.05, 4.69) is 22.3 Å². The maximum absolute atomic E-state index is 11.8. The molecule has 0 aliphatic rings. The Morgan fingerprint density at radius 2 is 2.04 bits per heavy atom. The minimum Gasteiger partial charge on any atom is -0.418 e. The second-order valence-electron chi connectivity index (χ2n) is 4.64. The van der Waals surface area contributed by atoms with Crippen LogP contribution in [0.3, 0.4) is 0 Å². The largest absolute Gasteiger partial charge is 0.418 e. The summed E-state index contributed by atoms with van der Waals surface area (Å²) in [7, 11) is 1.96. The Bertz CT molecular complexity index is 719. The van der Waals surface area contributed by atoms with Crippen molar-refractivity contribution in [3.05, 3.63) is 58.4 Å². The minimum absolute atomic E-state index is 0. The Kier molecular flexibility index (Phi) is 15.5. The third kappa shape index (κ3) is 8.54. The van der Waals surface area contributed by atoms with Crippen LogP contribution in [0.25, 0.3) is 0 Å². The van der Waals surface area contributed by atoms with Gasteiger partial charge in [-0.2, -0.15) is 5.38 Å². The summed E-state index contributed by atoms with van der Waals surface area (Å²) in [5, 5.41) is 5.95. The van der Waals surface area contributed by atoms with Crippen molar-refractivity contribution in [2.45, 2.75) is 34.6 Å². The van der Waals surface area contributed by atoms with Crippen LogP contribution in [0.2, 0.25) is 0 Å². The summed E-state index contributed by atoms with van der Waals surface area (Å²) in [4.78, 5) is 17.3. The average molecular weight is 520 g/mol. The molecule has 0 saturated heterocycles. The van der Waals surface area contributed by atoms with E-state index in [1.807, 2.05) is 56.7 Å². The van der Waals surface area contributed by atoms with Gasteiger partial charge in [-0.15, -0.1) is 6.58 Å². The van der Waals surface area contributed by atoms with Crippen LogP contribution in [0, 0.1) is 59.2 Å². The SMILES string of the molecule is C.C=CCNC(=O)Cc1ccccc1N=c1s[c-]c(C)n1C.CC.[Yb]. The standard InChI is InChI=1S/C16H18N3OS.C2H6.CH4.Yb/c1-4-9-17-15(20)10-13-7-5-6-8-14(13)18-16-19(3)12(2)11-21-16;1-2;;/h4-8H,1,9-10H2,2-3H3,(H,17,20);1-2H3;1H4;/q-1;;;. The number of aromatic nitrogens is 1. The second-order valence-corrected chi connectivity index (χ2v) is 5.41. The molecule has 1 heterocycles. The van der Waals surface area contributed by atoms with E-state index in [1.54, 1.807) is 6.08 Å². The number of aryl methyl sites for hydroxylation is 1. The minimum atomic E-state index is -0.0316. The maximum atomic E-state index is 11.8. The second kappa shape index (κ2) is 14.5. The van der Waals surface area contributed by atoms with Crippen LogP contribution >= 0.6 is 11.3 Å². The molecule has 0 bridgehead atoms. The molecule has 2 aromatic rings. The number of amides is 1. The third-order valence-electron chi connectivity index (χ3n) is 3.08. The fraction of sp³-hybridized carbons (Fsp3) is 0.368. The van der Waals surface area contributed by atoms with Crippen molar-refractivity contribution in [2.75, 3.05) is 6.54 Å². The molecule has 1 amide bonds. The molecule has 0 saturated carbocycles. The van der Waals surface area contributed by atoms with Gasteiger partial charge in [-0.1, -0.05) is 51.2 Å². The van der Waals surface area contributed by atoms with Gasteiger partial charge in [0, 0.05) is 64.0 Å². The number of hydrogen-bond acceptors (Lipinski definition) is 3. The van der Waals surface area contributed by atoms with E-state index < -0.39 is 0 Å². The molecule has 6 heteroatoms. The number of thiazole rings is 1. The summed E-state index contributed by atoms with van der Waals surface area (Å²) in [5.74, 6) is -0.0316.